The van der Waals surface area contributed by atoms with Gasteiger partial charge >= 0.3 is 0 Å². The smallest absolute Gasteiger partial charge is 0.137 e. The molecule has 3 aromatic heterocycles. The predicted octanol–water partition coefficient (Wildman–Crippen LogP) is 12.9. The molecule has 0 amide bonds. The van der Waals surface area contributed by atoms with Crippen molar-refractivity contribution in [1.82, 2.24) is 14.5 Å². The van der Waals surface area contributed by atoms with Gasteiger partial charge in [0.2, 0.25) is 0 Å². The van der Waals surface area contributed by atoms with Crippen molar-refractivity contribution >= 4 is 77.1 Å². The van der Waals surface area contributed by atoms with E-state index in [-0.39, 0.29) is 6.04 Å². The molecule has 1 N–H and O–H groups in total. The van der Waals surface area contributed by atoms with Crippen LogP contribution in [-0.2, 0) is 0 Å². The van der Waals surface area contributed by atoms with Crippen LogP contribution >= 0.6 is 0 Å². The summed E-state index contributed by atoms with van der Waals surface area (Å²) in [6.07, 6.45) is 2.20. The van der Waals surface area contributed by atoms with Gasteiger partial charge in [-0.05, 0) is 77.9 Å². The summed E-state index contributed by atoms with van der Waals surface area (Å²) < 4.78 is 11.5. The van der Waals surface area contributed by atoms with E-state index in [0.29, 0.717) is 0 Å². The molecule has 0 spiro atoms. The van der Waals surface area contributed by atoms with Crippen molar-refractivity contribution in [2.75, 3.05) is 0 Å². The largest absolute Gasteiger partial charge is 0.456 e. The number of fused-ring (bicyclic) bond motifs is 9. The zero-order valence-electron chi connectivity index (χ0n) is 30.8. The minimum atomic E-state index is -0.0239. The van der Waals surface area contributed by atoms with Crippen LogP contribution in [0.5, 0.6) is 0 Å². The topological polar surface area (TPSA) is 47.4 Å². The van der Waals surface area contributed by atoms with Crippen LogP contribution in [0.1, 0.15) is 22.7 Å². The monoisotopic (exact) mass is 730 g/mol. The minimum absolute atomic E-state index is 0.0239. The lowest BCUT2D eigenvalue weighted by molar-refractivity contribution is 0.668. The first-order valence-corrected chi connectivity index (χ1v) is 19.4. The first kappa shape index (κ1) is 31.7. The molecule has 0 radical (unpaired) electrons. The number of furan rings is 1. The highest BCUT2D eigenvalue weighted by molar-refractivity contribution is 6.19. The number of nitrogens with zero attached hydrogens (tertiary/aromatic N) is 3. The first-order chi connectivity index (χ1) is 28.2. The van der Waals surface area contributed by atoms with E-state index in [0.717, 1.165) is 67.0 Å². The van der Waals surface area contributed by atoms with Crippen LogP contribution in [0, 0.1) is 0 Å². The Morgan fingerprint density at radius 1 is 0.421 bits per heavy atom. The Hall–Kier alpha value is -7.63. The number of nitrogens with one attached hydrogen (secondary N) is 1. The Morgan fingerprint density at radius 3 is 1.70 bits per heavy atom. The third-order valence-electron chi connectivity index (χ3n) is 11.5. The fourth-order valence-corrected chi connectivity index (χ4v) is 8.91. The van der Waals surface area contributed by atoms with Crippen molar-refractivity contribution in [2.24, 2.45) is 4.99 Å². The number of hydrogen-bond donors (Lipinski definition) is 1. The van der Waals surface area contributed by atoms with Crippen molar-refractivity contribution in [3.05, 3.63) is 211 Å². The van der Waals surface area contributed by atoms with Gasteiger partial charge in [0.25, 0.3) is 0 Å². The van der Waals surface area contributed by atoms with E-state index in [9.17, 15) is 0 Å². The number of aliphatic imine (C=N–C) groups is 1. The van der Waals surface area contributed by atoms with Crippen molar-refractivity contribution in [3.63, 3.8) is 0 Å². The number of benzene rings is 8. The third kappa shape index (κ3) is 4.99. The number of hydrogen-bond acceptors (Lipinski definition) is 3. The molecule has 0 saturated heterocycles. The minimum Gasteiger partial charge on any atom is -0.456 e. The van der Waals surface area contributed by atoms with Gasteiger partial charge in [-0.1, -0.05) is 121 Å². The molecule has 0 saturated carbocycles. The second kappa shape index (κ2) is 12.4. The maximum atomic E-state index is 6.74. The molecule has 1 atom stereocenters. The first-order valence-electron chi connectivity index (χ1n) is 19.4. The van der Waals surface area contributed by atoms with Gasteiger partial charge < -0.3 is 18.9 Å². The molecule has 1 aliphatic heterocycles. The molecule has 1 unspecified atom stereocenters. The Labute approximate surface area is 328 Å². The van der Waals surface area contributed by atoms with Gasteiger partial charge in [0.1, 0.15) is 17.0 Å². The maximum Gasteiger partial charge on any atom is 0.137 e. The van der Waals surface area contributed by atoms with E-state index in [2.05, 4.69) is 203 Å². The van der Waals surface area contributed by atoms with Gasteiger partial charge in [0, 0.05) is 55.3 Å². The Balaban J connectivity index is 1.01. The molecule has 0 bridgehead atoms. The Morgan fingerprint density at radius 2 is 1.00 bits per heavy atom. The van der Waals surface area contributed by atoms with E-state index in [1.54, 1.807) is 0 Å². The molecule has 0 fully saturated rings. The van der Waals surface area contributed by atoms with E-state index in [1.165, 1.54) is 38.1 Å². The van der Waals surface area contributed by atoms with Crippen LogP contribution in [0.2, 0.25) is 0 Å². The van der Waals surface area contributed by atoms with E-state index >= 15 is 0 Å². The highest BCUT2D eigenvalue weighted by atomic mass is 16.3. The standard InChI is InChI=1S/C52H34N4O/c1-4-14-33(15-5-1)44-31-45(34-16-6-2-7-17-34)54-52(53-44)35-24-26-40-41-27-25-37(29-51(41)57-50(40)28-35)56-47-23-13-11-21-39(47)43-30-42-38-20-10-12-22-46(38)55(48(42)32-49(43)56)36-18-8-3-9-19-36/h1-32,44H,(H,53,54). The lowest BCUT2D eigenvalue weighted by Gasteiger charge is -2.24. The Kier molecular flexibility index (Phi) is 6.92. The number of amidine groups is 1. The van der Waals surface area contributed by atoms with E-state index in [4.69, 9.17) is 9.41 Å². The number of aromatic nitrogens is 2. The van der Waals surface area contributed by atoms with Gasteiger partial charge in [-0.25, -0.2) is 4.99 Å². The summed E-state index contributed by atoms with van der Waals surface area (Å²) in [6, 6.07) is 66.8. The summed E-state index contributed by atoms with van der Waals surface area (Å²) in [5.41, 5.74) is 12.7. The molecular weight excluding hydrogens is 697 g/mol. The highest BCUT2D eigenvalue weighted by Gasteiger charge is 2.22. The van der Waals surface area contributed by atoms with Gasteiger partial charge in [-0.15, -0.1) is 0 Å². The fourth-order valence-electron chi connectivity index (χ4n) is 8.91. The molecule has 0 aliphatic carbocycles. The maximum absolute atomic E-state index is 6.74. The highest BCUT2D eigenvalue weighted by Crippen LogP contribution is 2.41. The summed E-state index contributed by atoms with van der Waals surface area (Å²) in [6.45, 7) is 0. The fraction of sp³-hybridized carbons (Fsp3) is 0.0192. The summed E-state index contributed by atoms with van der Waals surface area (Å²) in [5, 5.41) is 10.8. The van der Waals surface area contributed by atoms with Gasteiger partial charge in [-0.2, -0.15) is 0 Å². The summed E-state index contributed by atoms with van der Waals surface area (Å²) in [7, 11) is 0. The normalized spacial score (nSPS) is 14.5. The second-order valence-electron chi connectivity index (χ2n) is 14.8. The molecular formula is C52H34N4O. The quantitative estimate of drug-likeness (QED) is 0.192. The van der Waals surface area contributed by atoms with Crippen LogP contribution in [0.4, 0.5) is 0 Å². The molecule has 1 aliphatic rings. The zero-order valence-corrected chi connectivity index (χ0v) is 30.8. The molecule has 5 nitrogen and oxygen atoms in total. The zero-order chi connectivity index (χ0) is 37.5. The van der Waals surface area contributed by atoms with E-state index in [1.807, 2.05) is 6.07 Å². The molecule has 57 heavy (non-hydrogen) atoms. The third-order valence-corrected chi connectivity index (χ3v) is 11.5. The van der Waals surface area contributed by atoms with Gasteiger partial charge in [0.05, 0.1) is 33.8 Å². The summed E-state index contributed by atoms with van der Waals surface area (Å²) >= 11 is 0. The average molecular weight is 731 g/mol. The van der Waals surface area contributed by atoms with Crippen molar-refractivity contribution in [1.29, 1.82) is 0 Å². The van der Waals surface area contributed by atoms with E-state index < -0.39 is 0 Å². The van der Waals surface area contributed by atoms with Crippen LogP contribution in [0.15, 0.2) is 204 Å². The molecule has 11 aromatic rings. The predicted molar refractivity (Wildman–Crippen MR) is 236 cm³/mol. The SMILES string of the molecule is C1=C(c2ccccc2)N=C(c2ccc3c(c2)oc2cc(-n4c5ccccc5c5cc6c7ccccc7n(-c7ccccc7)c6cc54)ccc23)NC1c1ccccc1. The lowest BCUT2D eigenvalue weighted by Crippen LogP contribution is -2.31. The lowest BCUT2D eigenvalue weighted by atomic mass is 10.00. The van der Waals surface area contributed by atoms with Crippen LogP contribution in [0.25, 0.3) is 82.6 Å². The van der Waals surface area contributed by atoms with Gasteiger partial charge in [-0.3, -0.25) is 0 Å². The number of rotatable bonds is 5. The van der Waals surface area contributed by atoms with Crippen LogP contribution in [-0.4, -0.2) is 15.0 Å². The summed E-state index contributed by atoms with van der Waals surface area (Å²) in [5.74, 6) is 0.817. The molecule has 4 heterocycles. The molecule has 5 heteroatoms. The molecule has 8 aromatic carbocycles. The second-order valence-corrected chi connectivity index (χ2v) is 14.8. The molecule has 268 valence electrons. The molecule has 12 rings (SSSR count). The van der Waals surface area contributed by atoms with Crippen molar-refractivity contribution in [2.45, 2.75) is 6.04 Å². The van der Waals surface area contributed by atoms with Crippen molar-refractivity contribution in [3.8, 4) is 11.4 Å². The van der Waals surface area contributed by atoms with Crippen LogP contribution in [0.3, 0.4) is 0 Å². The van der Waals surface area contributed by atoms with Gasteiger partial charge in [0.15, 0.2) is 0 Å². The van der Waals surface area contributed by atoms with Crippen LogP contribution < -0.4 is 5.32 Å². The summed E-state index contributed by atoms with van der Waals surface area (Å²) in [4.78, 5) is 5.15. The Bertz CT molecular complexity index is 3420. The number of para-hydroxylation sites is 3. The average Bonchev–Trinajstić information content (AvgIpc) is 3.92. The van der Waals surface area contributed by atoms with Crippen molar-refractivity contribution < 1.29 is 4.42 Å².